The average molecular weight is 331 g/mol. The summed E-state index contributed by atoms with van der Waals surface area (Å²) in [6.07, 6.45) is 1.99. The Balaban J connectivity index is 0.00000242. The summed E-state index contributed by atoms with van der Waals surface area (Å²) < 4.78 is 19.0. The Labute approximate surface area is 137 Å². The van der Waals surface area contributed by atoms with Gasteiger partial charge in [0, 0.05) is 6.54 Å². The van der Waals surface area contributed by atoms with Gasteiger partial charge in [0.15, 0.2) is 17.7 Å². The Morgan fingerprint density at radius 3 is 2.91 bits per heavy atom. The highest BCUT2D eigenvalue weighted by molar-refractivity contribution is 5.85. The van der Waals surface area contributed by atoms with E-state index in [1.165, 1.54) is 18.6 Å². The van der Waals surface area contributed by atoms with Gasteiger partial charge in [-0.15, -0.1) is 12.4 Å². The molecule has 2 rings (SSSR count). The van der Waals surface area contributed by atoms with Gasteiger partial charge in [-0.25, -0.2) is 4.39 Å². The number of hydrogen-bond donors (Lipinski definition) is 2. The summed E-state index contributed by atoms with van der Waals surface area (Å²) in [6.45, 7) is 4.58. The van der Waals surface area contributed by atoms with Gasteiger partial charge in [0.25, 0.3) is 5.91 Å². The molecule has 1 fully saturated rings. The SMILES string of the molecule is CCC(Oc1ccccc1F)C(=O)NCCC1CCNC1.Cl. The number of benzene rings is 1. The smallest absolute Gasteiger partial charge is 0.261 e. The number of rotatable bonds is 7. The molecular weight excluding hydrogens is 307 g/mol. The van der Waals surface area contributed by atoms with E-state index in [0.29, 0.717) is 18.9 Å². The zero-order chi connectivity index (χ0) is 15.1. The van der Waals surface area contributed by atoms with E-state index in [4.69, 9.17) is 4.74 Å². The van der Waals surface area contributed by atoms with Crippen LogP contribution in [0.25, 0.3) is 0 Å². The van der Waals surface area contributed by atoms with Gasteiger partial charge in [0.05, 0.1) is 0 Å². The summed E-state index contributed by atoms with van der Waals surface area (Å²) in [5.41, 5.74) is 0. The molecule has 0 bridgehead atoms. The highest BCUT2D eigenvalue weighted by Crippen LogP contribution is 2.18. The van der Waals surface area contributed by atoms with E-state index in [9.17, 15) is 9.18 Å². The van der Waals surface area contributed by atoms with E-state index < -0.39 is 11.9 Å². The lowest BCUT2D eigenvalue weighted by molar-refractivity contribution is -0.128. The molecule has 1 saturated heterocycles. The van der Waals surface area contributed by atoms with E-state index >= 15 is 0 Å². The molecule has 0 radical (unpaired) electrons. The van der Waals surface area contributed by atoms with Crippen LogP contribution in [0, 0.1) is 11.7 Å². The van der Waals surface area contributed by atoms with Crippen LogP contribution in [0.3, 0.4) is 0 Å². The van der Waals surface area contributed by atoms with Crippen LogP contribution >= 0.6 is 12.4 Å². The molecule has 0 spiro atoms. The molecule has 1 aliphatic rings. The van der Waals surface area contributed by atoms with Gasteiger partial charge in [0.2, 0.25) is 0 Å². The Kier molecular flexibility index (Phi) is 8.20. The van der Waals surface area contributed by atoms with Crippen molar-refractivity contribution in [3.8, 4) is 5.75 Å². The molecule has 0 aromatic heterocycles. The van der Waals surface area contributed by atoms with Crippen molar-refractivity contribution < 1.29 is 13.9 Å². The maximum Gasteiger partial charge on any atom is 0.261 e. The first-order chi connectivity index (χ1) is 10.2. The summed E-state index contributed by atoms with van der Waals surface area (Å²) in [5.74, 6) is 0.143. The predicted octanol–water partition coefficient (Wildman–Crippen LogP) is 2.52. The zero-order valence-electron chi connectivity index (χ0n) is 12.8. The van der Waals surface area contributed by atoms with Gasteiger partial charge in [-0.05, 0) is 50.4 Å². The van der Waals surface area contributed by atoms with Gasteiger partial charge in [-0.2, -0.15) is 0 Å². The number of halogens is 2. The van der Waals surface area contributed by atoms with Crippen molar-refractivity contribution >= 4 is 18.3 Å². The van der Waals surface area contributed by atoms with Crippen molar-refractivity contribution in [1.29, 1.82) is 0 Å². The first-order valence-corrected chi connectivity index (χ1v) is 7.60. The number of para-hydroxylation sites is 1. The lowest BCUT2D eigenvalue weighted by atomic mass is 10.1. The molecule has 1 amide bonds. The molecule has 2 unspecified atom stereocenters. The fraction of sp³-hybridized carbons (Fsp3) is 0.562. The number of ether oxygens (including phenoxy) is 1. The highest BCUT2D eigenvalue weighted by Gasteiger charge is 2.20. The van der Waals surface area contributed by atoms with Gasteiger partial charge in [0.1, 0.15) is 0 Å². The number of amides is 1. The Hall–Kier alpha value is -1.33. The fourth-order valence-electron chi connectivity index (χ4n) is 2.49. The Morgan fingerprint density at radius 1 is 1.50 bits per heavy atom. The first kappa shape index (κ1) is 18.7. The fourth-order valence-corrected chi connectivity index (χ4v) is 2.49. The molecule has 0 saturated carbocycles. The van der Waals surface area contributed by atoms with Crippen LogP contribution < -0.4 is 15.4 Å². The lowest BCUT2D eigenvalue weighted by Gasteiger charge is -2.18. The monoisotopic (exact) mass is 330 g/mol. The lowest BCUT2D eigenvalue weighted by Crippen LogP contribution is -2.39. The quantitative estimate of drug-likeness (QED) is 0.807. The number of carbonyl (C=O) groups is 1. The van der Waals surface area contributed by atoms with Crippen molar-refractivity contribution in [3.05, 3.63) is 30.1 Å². The van der Waals surface area contributed by atoms with E-state index in [0.717, 1.165) is 19.5 Å². The second kappa shape index (κ2) is 9.64. The van der Waals surface area contributed by atoms with Crippen LogP contribution in [0.2, 0.25) is 0 Å². The maximum atomic E-state index is 13.5. The van der Waals surface area contributed by atoms with Gasteiger partial charge < -0.3 is 15.4 Å². The number of nitrogens with one attached hydrogen (secondary N) is 2. The van der Waals surface area contributed by atoms with Crippen molar-refractivity contribution in [3.63, 3.8) is 0 Å². The van der Waals surface area contributed by atoms with E-state index in [-0.39, 0.29) is 24.1 Å². The second-order valence-electron chi connectivity index (χ2n) is 5.38. The Bertz CT molecular complexity index is 467. The van der Waals surface area contributed by atoms with E-state index in [1.54, 1.807) is 12.1 Å². The molecule has 1 heterocycles. The minimum atomic E-state index is -0.649. The van der Waals surface area contributed by atoms with Crippen molar-refractivity contribution in [2.24, 2.45) is 5.92 Å². The predicted molar refractivity (Wildman–Crippen MR) is 87.0 cm³/mol. The summed E-state index contributed by atoms with van der Waals surface area (Å²) in [5, 5.41) is 6.19. The highest BCUT2D eigenvalue weighted by atomic mass is 35.5. The number of carbonyl (C=O) groups excluding carboxylic acids is 1. The molecule has 2 N–H and O–H groups in total. The minimum absolute atomic E-state index is 0. The molecule has 22 heavy (non-hydrogen) atoms. The van der Waals surface area contributed by atoms with Gasteiger partial charge in [-0.1, -0.05) is 19.1 Å². The molecule has 1 aliphatic heterocycles. The van der Waals surface area contributed by atoms with Crippen LogP contribution in [-0.4, -0.2) is 31.6 Å². The van der Waals surface area contributed by atoms with Crippen molar-refractivity contribution in [2.75, 3.05) is 19.6 Å². The average Bonchev–Trinajstić information content (AvgIpc) is 2.99. The third kappa shape index (κ3) is 5.46. The van der Waals surface area contributed by atoms with Crippen molar-refractivity contribution in [2.45, 2.75) is 32.3 Å². The molecular formula is C16H24ClFN2O2. The third-order valence-corrected chi connectivity index (χ3v) is 3.78. The summed E-state index contributed by atoms with van der Waals surface area (Å²) >= 11 is 0. The van der Waals surface area contributed by atoms with E-state index in [1.807, 2.05) is 6.92 Å². The van der Waals surface area contributed by atoms with Crippen LogP contribution in [0.5, 0.6) is 5.75 Å². The standard InChI is InChI=1S/C16H23FN2O2.ClH/c1-2-14(21-15-6-4-3-5-13(15)17)16(20)19-10-8-12-7-9-18-11-12;/h3-6,12,14,18H,2,7-11H2,1H3,(H,19,20);1H. The first-order valence-electron chi connectivity index (χ1n) is 7.60. The minimum Gasteiger partial charge on any atom is -0.478 e. The molecule has 0 aliphatic carbocycles. The van der Waals surface area contributed by atoms with Gasteiger partial charge >= 0.3 is 0 Å². The molecule has 124 valence electrons. The summed E-state index contributed by atoms with van der Waals surface area (Å²) in [4.78, 5) is 12.1. The normalized spacial score (nSPS) is 18.4. The summed E-state index contributed by atoms with van der Waals surface area (Å²) in [7, 11) is 0. The van der Waals surface area contributed by atoms with Crippen LogP contribution in [0.4, 0.5) is 4.39 Å². The maximum absolute atomic E-state index is 13.5. The molecule has 2 atom stereocenters. The Morgan fingerprint density at radius 2 is 2.27 bits per heavy atom. The van der Waals surface area contributed by atoms with E-state index in [2.05, 4.69) is 10.6 Å². The summed E-state index contributed by atoms with van der Waals surface area (Å²) in [6, 6.07) is 6.15. The van der Waals surface area contributed by atoms with Gasteiger partial charge in [-0.3, -0.25) is 4.79 Å². The second-order valence-corrected chi connectivity index (χ2v) is 5.38. The molecule has 1 aromatic carbocycles. The van der Waals surface area contributed by atoms with Crippen LogP contribution in [0.15, 0.2) is 24.3 Å². The van der Waals surface area contributed by atoms with Crippen LogP contribution in [0.1, 0.15) is 26.2 Å². The molecule has 4 nitrogen and oxygen atoms in total. The molecule has 6 heteroatoms. The van der Waals surface area contributed by atoms with Crippen LogP contribution in [-0.2, 0) is 4.79 Å². The largest absolute Gasteiger partial charge is 0.478 e. The third-order valence-electron chi connectivity index (χ3n) is 3.78. The topological polar surface area (TPSA) is 50.4 Å². The number of hydrogen-bond acceptors (Lipinski definition) is 3. The zero-order valence-corrected chi connectivity index (χ0v) is 13.6. The van der Waals surface area contributed by atoms with Crippen molar-refractivity contribution in [1.82, 2.24) is 10.6 Å². The molecule has 1 aromatic rings.